The van der Waals surface area contributed by atoms with Gasteiger partial charge in [-0.05, 0) is 48.3 Å². The monoisotopic (exact) mass is 308 g/mol. The predicted octanol–water partition coefficient (Wildman–Crippen LogP) is 4.26. The van der Waals surface area contributed by atoms with Gasteiger partial charge in [-0.2, -0.15) is 0 Å². The van der Waals surface area contributed by atoms with E-state index in [9.17, 15) is 15.0 Å². The highest BCUT2D eigenvalue weighted by Crippen LogP contribution is 2.64. The van der Waals surface area contributed by atoms with E-state index in [0.29, 0.717) is 17.3 Å². The molecule has 0 unspecified atom stereocenters. The largest absolute Gasteiger partial charge is 0.481 e. The fourth-order valence-electron chi connectivity index (χ4n) is 4.67. The summed E-state index contributed by atoms with van der Waals surface area (Å²) in [6.45, 7) is 6.75. The third-order valence-electron chi connectivity index (χ3n) is 6.26. The maximum absolute atomic E-state index is 11.2. The number of hydrogen-bond donors (Lipinski definition) is 2. The Hall–Kier alpha value is -0.830. The normalized spacial score (nSPS) is 34.4. The Morgan fingerprint density at radius 1 is 1.32 bits per heavy atom. The lowest BCUT2D eigenvalue weighted by Crippen LogP contribution is -2.55. The molecule has 3 nitrogen and oxygen atoms in total. The molecule has 3 rings (SSSR count). The zero-order valence-corrected chi connectivity index (χ0v) is 14.3. The van der Waals surface area contributed by atoms with E-state index >= 15 is 0 Å². The van der Waals surface area contributed by atoms with Crippen LogP contribution in [0.15, 0.2) is 12.2 Å². The molecule has 22 heavy (non-hydrogen) atoms. The topological polar surface area (TPSA) is 57.5 Å². The Balaban J connectivity index is 1.95. The van der Waals surface area contributed by atoms with Crippen LogP contribution in [0, 0.1) is 29.1 Å². The zero-order chi connectivity index (χ0) is 16.3. The number of fused-ring (bicyclic) bond motifs is 2. The van der Waals surface area contributed by atoms with Crippen LogP contribution < -0.4 is 0 Å². The first-order valence-corrected chi connectivity index (χ1v) is 8.94. The van der Waals surface area contributed by atoms with E-state index in [0.717, 1.165) is 38.0 Å². The third kappa shape index (κ3) is 3.73. The van der Waals surface area contributed by atoms with Crippen LogP contribution in [0.3, 0.4) is 0 Å². The minimum Gasteiger partial charge on any atom is -0.481 e. The van der Waals surface area contributed by atoms with Crippen LogP contribution in [-0.4, -0.2) is 22.3 Å². The van der Waals surface area contributed by atoms with Crippen LogP contribution in [-0.2, 0) is 4.79 Å². The Kier molecular flexibility index (Phi) is 5.70. The van der Waals surface area contributed by atoms with Gasteiger partial charge in [0.15, 0.2) is 0 Å². The van der Waals surface area contributed by atoms with Crippen molar-refractivity contribution in [3.8, 4) is 0 Å². The second kappa shape index (κ2) is 7.16. The summed E-state index contributed by atoms with van der Waals surface area (Å²) >= 11 is 0. The van der Waals surface area contributed by atoms with Gasteiger partial charge < -0.3 is 10.2 Å². The molecule has 0 aromatic heterocycles. The Morgan fingerprint density at radius 2 is 2.05 bits per heavy atom. The van der Waals surface area contributed by atoms with Crippen molar-refractivity contribution in [2.45, 2.75) is 71.8 Å². The molecule has 3 aliphatic rings. The highest BCUT2D eigenvalue weighted by atomic mass is 16.4. The first-order chi connectivity index (χ1) is 10.4. The van der Waals surface area contributed by atoms with Gasteiger partial charge >= 0.3 is 5.97 Å². The highest BCUT2D eigenvalue weighted by molar-refractivity contribution is 5.67. The number of hydrogen-bond acceptors (Lipinski definition) is 2. The molecule has 0 saturated heterocycles. The number of carbonyl (C=O) groups is 1. The molecule has 3 saturated carbocycles. The number of aliphatic hydroxyl groups is 1. The van der Waals surface area contributed by atoms with E-state index in [4.69, 9.17) is 0 Å². The van der Waals surface area contributed by atoms with Crippen LogP contribution in [0.2, 0.25) is 0 Å². The molecular weight excluding hydrogens is 276 g/mol. The van der Waals surface area contributed by atoms with Crippen molar-refractivity contribution in [2.24, 2.45) is 29.1 Å². The van der Waals surface area contributed by atoms with Gasteiger partial charge in [-0.3, -0.25) is 4.79 Å². The van der Waals surface area contributed by atoms with E-state index in [1.165, 1.54) is 6.42 Å². The van der Waals surface area contributed by atoms with Gasteiger partial charge in [0.05, 0.1) is 6.10 Å². The van der Waals surface area contributed by atoms with Gasteiger partial charge in [0.2, 0.25) is 0 Å². The van der Waals surface area contributed by atoms with Crippen LogP contribution in [0.5, 0.6) is 0 Å². The first-order valence-electron chi connectivity index (χ1n) is 8.94. The predicted molar refractivity (Wildman–Crippen MR) is 88.5 cm³/mol. The molecule has 0 spiro atoms. The maximum atomic E-state index is 11.2. The Bertz CT molecular complexity index is 413. The minimum atomic E-state index is -0.687. The quantitative estimate of drug-likeness (QED) is 0.520. The van der Waals surface area contributed by atoms with Crippen molar-refractivity contribution in [3.05, 3.63) is 12.2 Å². The van der Waals surface area contributed by atoms with Gasteiger partial charge in [0.25, 0.3) is 0 Å². The highest BCUT2D eigenvalue weighted by Gasteiger charge is 2.57. The van der Waals surface area contributed by atoms with Gasteiger partial charge in [0.1, 0.15) is 0 Å². The maximum Gasteiger partial charge on any atom is 0.303 e. The van der Waals surface area contributed by atoms with Gasteiger partial charge in [-0.25, -0.2) is 0 Å². The number of carboxylic acid groups (broad SMARTS) is 1. The summed E-state index contributed by atoms with van der Waals surface area (Å²) in [4.78, 5) is 11.2. The lowest BCUT2D eigenvalue weighted by atomic mass is 9.43. The van der Waals surface area contributed by atoms with Crippen molar-refractivity contribution in [1.29, 1.82) is 0 Å². The van der Waals surface area contributed by atoms with Crippen molar-refractivity contribution in [3.63, 3.8) is 0 Å². The fraction of sp³-hybridized carbons (Fsp3) is 0.842. The van der Waals surface area contributed by atoms with Crippen LogP contribution in [0.4, 0.5) is 0 Å². The van der Waals surface area contributed by atoms with Crippen LogP contribution in [0.25, 0.3) is 0 Å². The number of aliphatic hydroxyl groups excluding tert-OH is 1. The standard InChI is InChI=1S/C19H32O3/c1-4-5-6-7-15(20)9-8-13-10-14-11-17(19(14,2)3)16(13)12-18(21)22/h8-9,13-17,20H,4-7,10-12H2,1-3H3,(H,21,22)/t13-,14-,15-,16+,17-/m0/s1. The van der Waals surface area contributed by atoms with Gasteiger partial charge in [-0.15, -0.1) is 0 Å². The minimum absolute atomic E-state index is 0.233. The summed E-state index contributed by atoms with van der Waals surface area (Å²) in [7, 11) is 0. The van der Waals surface area contributed by atoms with E-state index in [1.807, 2.05) is 6.08 Å². The molecule has 0 aromatic carbocycles. The molecule has 3 aliphatic carbocycles. The number of unbranched alkanes of at least 4 members (excludes halogenated alkanes) is 2. The van der Waals surface area contributed by atoms with Crippen LogP contribution in [0.1, 0.15) is 65.7 Å². The second-order valence-corrected chi connectivity index (χ2v) is 7.97. The lowest BCUT2D eigenvalue weighted by Gasteiger charge is -2.62. The SMILES string of the molecule is CCCCC[C@H](O)C=C[C@H]1C[C@H]2C[C@@H]([C@@H]1CC(=O)O)C2(C)C. The van der Waals surface area contributed by atoms with E-state index in [-0.39, 0.29) is 18.4 Å². The van der Waals surface area contributed by atoms with Crippen molar-refractivity contribution >= 4 is 5.97 Å². The molecule has 0 radical (unpaired) electrons. The van der Waals surface area contributed by atoms with Gasteiger partial charge in [0, 0.05) is 6.42 Å². The number of rotatable bonds is 8. The molecule has 3 heteroatoms. The molecule has 5 atom stereocenters. The summed E-state index contributed by atoms with van der Waals surface area (Å²) in [6.07, 6.45) is 10.4. The summed E-state index contributed by atoms with van der Waals surface area (Å²) in [5.41, 5.74) is 0.296. The van der Waals surface area contributed by atoms with E-state index < -0.39 is 5.97 Å². The number of carboxylic acids is 1. The number of aliphatic carboxylic acids is 1. The summed E-state index contributed by atoms with van der Waals surface area (Å²) in [5.74, 6) is 1.11. The smallest absolute Gasteiger partial charge is 0.303 e. The van der Waals surface area contributed by atoms with Crippen LogP contribution >= 0.6 is 0 Å². The zero-order valence-electron chi connectivity index (χ0n) is 14.3. The average Bonchev–Trinajstić information content (AvgIpc) is 2.45. The second-order valence-electron chi connectivity index (χ2n) is 7.97. The van der Waals surface area contributed by atoms with E-state index in [2.05, 4.69) is 26.8 Å². The summed E-state index contributed by atoms with van der Waals surface area (Å²) in [5, 5.41) is 19.3. The molecule has 126 valence electrons. The lowest BCUT2D eigenvalue weighted by molar-refractivity contribution is -0.152. The number of allylic oxidation sites excluding steroid dienone is 1. The molecule has 0 amide bonds. The molecule has 2 bridgehead atoms. The summed E-state index contributed by atoms with van der Waals surface area (Å²) < 4.78 is 0. The molecule has 2 N–H and O–H groups in total. The fourth-order valence-corrected chi connectivity index (χ4v) is 4.67. The van der Waals surface area contributed by atoms with E-state index in [1.54, 1.807) is 0 Å². The van der Waals surface area contributed by atoms with Crippen molar-refractivity contribution in [2.75, 3.05) is 0 Å². The molecule has 0 aliphatic heterocycles. The van der Waals surface area contributed by atoms with Crippen molar-refractivity contribution in [1.82, 2.24) is 0 Å². The molecule has 0 heterocycles. The molecular formula is C19H32O3. The summed E-state index contributed by atoms with van der Waals surface area (Å²) in [6, 6.07) is 0. The Morgan fingerprint density at radius 3 is 2.64 bits per heavy atom. The third-order valence-corrected chi connectivity index (χ3v) is 6.26. The first kappa shape index (κ1) is 17.5. The molecule has 0 aromatic rings. The molecule has 3 fully saturated rings. The van der Waals surface area contributed by atoms with Gasteiger partial charge in [-0.1, -0.05) is 52.2 Å². The Labute approximate surface area is 134 Å². The van der Waals surface area contributed by atoms with Crippen molar-refractivity contribution < 1.29 is 15.0 Å². The average molecular weight is 308 g/mol.